The van der Waals surface area contributed by atoms with Gasteiger partial charge in [-0.1, -0.05) is 84.6 Å². The minimum Gasteiger partial charge on any atom is -0.744 e. The van der Waals surface area contributed by atoms with Crippen LogP contribution in [0.15, 0.2) is 17.0 Å². The molecule has 0 aliphatic rings. The van der Waals surface area contributed by atoms with Crippen molar-refractivity contribution in [3.63, 3.8) is 0 Å². The zero-order valence-corrected chi connectivity index (χ0v) is 22.2. The molecule has 0 amide bonds. The number of hydrogen-bond acceptors (Lipinski definition) is 3. The van der Waals surface area contributed by atoms with E-state index in [0.29, 0.717) is 6.42 Å². The second-order valence-corrected chi connectivity index (χ2v) is 9.41. The molecule has 0 heterocycles. The number of benzene rings is 1. The monoisotopic (exact) mass is 432 g/mol. The van der Waals surface area contributed by atoms with Crippen molar-refractivity contribution in [1.29, 1.82) is 0 Å². The van der Waals surface area contributed by atoms with Gasteiger partial charge in [0.25, 0.3) is 0 Å². The third-order valence-electron chi connectivity index (χ3n) is 5.61. The van der Waals surface area contributed by atoms with Gasteiger partial charge in [-0.2, -0.15) is 0 Å². The van der Waals surface area contributed by atoms with E-state index in [1.807, 2.05) is 6.07 Å². The summed E-state index contributed by atoms with van der Waals surface area (Å²) >= 11 is 0. The van der Waals surface area contributed by atoms with Gasteiger partial charge >= 0.3 is 29.6 Å². The van der Waals surface area contributed by atoms with Crippen LogP contribution < -0.4 is 29.6 Å². The van der Waals surface area contributed by atoms with E-state index in [-0.39, 0.29) is 34.5 Å². The molecule has 0 aliphatic carbocycles. The molecule has 0 N–H and O–H groups in total. The van der Waals surface area contributed by atoms with Crippen molar-refractivity contribution in [2.24, 2.45) is 0 Å². The average molecular weight is 433 g/mol. The summed E-state index contributed by atoms with van der Waals surface area (Å²) in [6.45, 7) is 6.58. The normalized spacial score (nSPS) is 11.4. The van der Waals surface area contributed by atoms with E-state index in [2.05, 4.69) is 20.8 Å². The van der Waals surface area contributed by atoms with E-state index in [1.54, 1.807) is 6.07 Å². The van der Waals surface area contributed by atoms with E-state index >= 15 is 0 Å². The topological polar surface area (TPSA) is 57.2 Å². The van der Waals surface area contributed by atoms with Crippen LogP contribution in [-0.4, -0.2) is 13.0 Å². The molecule has 1 rings (SSSR count). The van der Waals surface area contributed by atoms with Crippen molar-refractivity contribution in [2.45, 2.75) is 122 Å². The molecule has 0 radical (unpaired) electrons. The maximum atomic E-state index is 11.9. The molecule has 0 bridgehead atoms. The molecule has 0 aromatic heterocycles. The summed E-state index contributed by atoms with van der Waals surface area (Å²) < 4.78 is 35.8. The SMILES string of the molecule is CCCCCCc1ccc(S(=O)(=O)[O-])c(CCCCCC)c1CCCCCC.[Na+]. The maximum Gasteiger partial charge on any atom is 1.00 e. The quantitative estimate of drug-likeness (QED) is 0.226. The first-order valence-corrected chi connectivity index (χ1v) is 13.0. The zero-order valence-electron chi connectivity index (χ0n) is 19.4. The van der Waals surface area contributed by atoms with Crippen LogP contribution in [0.5, 0.6) is 0 Å². The summed E-state index contributed by atoms with van der Waals surface area (Å²) in [4.78, 5) is 0.0341. The molecule has 1 aromatic carbocycles. The van der Waals surface area contributed by atoms with Gasteiger partial charge in [0.2, 0.25) is 0 Å². The largest absolute Gasteiger partial charge is 1.00 e. The molecule has 0 unspecified atom stereocenters. The van der Waals surface area contributed by atoms with E-state index in [4.69, 9.17) is 0 Å². The average Bonchev–Trinajstić information content (AvgIpc) is 2.65. The van der Waals surface area contributed by atoms with E-state index in [1.165, 1.54) is 43.2 Å². The minimum atomic E-state index is -4.43. The Hall–Kier alpha value is 0.130. The third-order valence-corrected chi connectivity index (χ3v) is 6.54. The molecule has 29 heavy (non-hydrogen) atoms. The fourth-order valence-electron chi connectivity index (χ4n) is 3.97. The third kappa shape index (κ3) is 11.4. The first-order chi connectivity index (χ1) is 13.5. The summed E-state index contributed by atoms with van der Waals surface area (Å²) in [7, 11) is -4.43. The fraction of sp³-hybridized carbons (Fsp3) is 0.750. The van der Waals surface area contributed by atoms with Gasteiger partial charge in [-0.3, -0.25) is 0 Å². The second-order valence-electron chi connectivity index (χ2n) is 8.07. The van der Waals surface area contributed by atoms with Crippen molar-refractivity contribution < 1.29 is 42.5 Å². The van der Waals surface area contributed by atoms with Crippen molar-refractivity contribution in [3.8, 4) is 0 Å². The smallest absolute Gasteiger partial charge is 0.744 e. The van der Waals surface area contributed by atoms with Crippen LogP contribution in [0.2, 0.25) is 0 Å². The number of hydrogen-bond donors (Lipinski definition) is 0. The molecule has 0 saturated heterocycles. The van der Waals surface area contributed by atoms with Gasteiger partial charge in [0, 0.05) is 0 Å². The maximum absolute atomic E-state index is 11.9. The van der Waals surface area contributed by atoms with Gasteiger partial charge in [0.1, 0.15) is 10.1 Å². The predicted molar refractivity (Wildman–Crippen MR) is 118 cm³/mol. The molecule has 0 saturated carbocycles. The van der Waals surface area contributed by atoms with Gasteiger partial charge in [-0.25, -0.2) is 8.42 Å². The van der Waals surface area contributed by atoms with Crippen LogP contribution in [0, 0.1) is 0 Å². The number of aryl methyl sites for hydroxylation is 1. The van der Waals surface area contributed by atoms with Crippen LogP contribution in [-0.2, 0) is 29.4 Å². The molecule has 0 fully saturated rings. The van der Waals surface area contributed by atoms with Crippen LogP contribution in [0.25, 0.3) is 0 Å². The molecular formula is C24H41NaO3S. The van der Waals surface area contributed by atoms with Gasteiger partial charge in [0.15, 0.2) is 0 Å². The molecule has 3 nitrogen and oxygen atoms in total. The fourth-order valence-corrected chi connectivity index (χ4v) is 4.74. The van der Waals surface area contributed by atoms with E-state index < -0.39 is 10.1 Å². The van der Waals surface area contributed by atoms with Crippen LogP contribution >= 0.6 is 0 Å². The Morgan fingerprint density at radius 3 is 1.55 bits per heavy atom. The Balaban J connectivity index is 0.00000784. The summed E-state index contributed by atoms with van der Waals surface area (Å²) in [5.74, 6) is 0. The van der Waals surface area contributed by atoms with Crippen molar-refractivity contribution in [2.75, 3.05) is 0 Å². The molecular weight excluding hydrogens is 391 g/mol. The standard InChI is InChI=1S/C24H42O3S.Na/c1-4-7-10-13-16-21-19-20-24(28(25,26)27)23(18-15-12-9-6-3)22(21)17-14-11-8-5-2;/h19-20H,4-18H2,1-3H3,(H,25,26,27);/q;+1/p-1. The summed E-state index contributed by atoms with van der Waals surface area (Å²) in [5.41, 5.74) is 3.27. The summed E-state index contributed by atoms with van der Waals surface area (Å²) in [5, 5.41) is 0. The summed E-state index contributed by atoms with van der Waals surface area (Å²) in [6.07, 6.45) is 16.4. The van der Waals surface area contributed by atoms with Gasteiger partial charge in [0.05, 0.1) is 4.90 Å². The molecule has 1 aromatic rings. The van der Waals surface area contributed by atoms with Gasteiger partial charge in [-0.05, 0) is 61.3 Å². The van der Waals surface area contributed by atoms with Crippen molar-refractivity contribution >= 4 is 10.1 Å². The Labute approximate surface area is 202 Å². The van der Waals surface area contributed by atoms with Crippen LogP contribution in [0.3, 0.4) is 0 Å². The zero-order chi connectivity index (χ0) is 20.8. The molecule has 0 aliphatic heterocycles. The number of rotatable bonds is 16. The predicted octanol–water partition coefficient (Wildman–Crippen LogP) is 3.96. The van der Waals surface area contributed by atoms with Crippen molar-refractivity contribution in [1.82, 2.24) is 0 Å². The van der Waals surface area contributed by atoms with Gasteiger partial charge in [-0.15, -0.1) is 0 Å². The number of unbranched alkanes of at least 4 members (excludes halogenated alkanes) is 9. The minimum absolute atomic E-state index is 0. The Bertz CT molecular complexity index is 656. The van der Waals surface area contributed by atoms with E-state index in [9.17, 15) is 13.0 Å². The second kappa shape index (κ2) is 16.8. The summed E-state index contributed by atoms with van der Waals surface area (Å²) in [6, 6.07) is 3.50. The Morgan fingerprint density at radius 2 is 1.10 bits per heavy atom. The van der Waals surface area contributed by atoms with Crippen LogP contribution in [0.4, 0.5) is 0 Å². The van der Waals surface area contributed by atoms with Crippen LogP contribution in [0.1, 0.15) is 115 Å². The Morgan fingerprint density at radius 1 is 0.655 bits per heavy atom. The Kier molecular flexibility index (Phi) is 16.9. The molecule has 5 heteroatoms. The van der Waals surface area contributed by atoms with E-state index in [0.717, 1.165) is 63.4 Å². The molecule has 0 spiro atoms. The first-order valence-electron chi connectivity index (χ1n) is 11.5. The van der Waals surface area contributed by atoms with Crippen molar-refractivity contribution in [3.05, 3.63) is 28.8 Å². The molecule has 0 atom stereocenters. The molecule has 162 valence electrons. The van der Waals surface area contributed by atoms with Gasteiger partial charge < -0.3 is 4.55 Å². The first kappa shape index (κ1) is 29.1.